The Morgan fingerprint density at radius 1 is 1.08 bits per heavy atom. The summed E-state index contributed by atoms with van der Waals surface area (Å²) >= 11 is 0. The smallest absolute Gasteiger partial charge is 0.242 e. The van der Waals surface area contributed by atoms with Crippen molar-refractivity contribution in [1.29, 1.82) is 0 Å². The van der Waals surface area contributed by atoms with Crippen LogP contribution in [0, 0.1) is 17.0 Å². The number of pyridine rings is 1. The highest BCUT2D eigenvalue weighted by atomic mass is 19.1. The number of nitrogens with zero attached hydrogens (tertiary/aromatic N) is 4. The Bertz CT molecular complexity index is 1480. The largest absolute Gasteiger partial charge is 0.454 e. The lowest BCUT2D eigenvalue weighted by Gasteiger charge is -2.23. The second-order valence-electron chi connectivity index (χ2n) is 8.90. The predicted molar refractivity (Wildman–Crippen MR) is 133 cm³/mol. The van der Waals surface area contributed by atoms with Gasteiger partial charge in [0.1, 0.15) is 17.0 Å². The summed E-state index contributed by atoms with van der Waals surface area (Å²) in [5, 5.41) is 6.76. The number of aryl methyl sites for hydroxylation is 1. The highest BCUT2D eigenvalue weighted by Gasteiger charge is 2.57. The first kappa shape index (κ1) is 24.1. The van der Waals surface area contributed by atoms with Gasteiger partial charge in [0.15, 0.2) is 11.6 Å². The van der Waals surface area contributed by atoms with E-state index in [1.807, 2.05) is 0 Å². The first-order valence-corrected chi connectivity index (χ1v) is 11.5. The summed E-state index contributed by atoms with van der Waals surface area (Å²) < 4.78 is 35.4. The summed E-state index contributed by atoms with van der Waals surface area (Å²) in [4.78, 5) is 31.7. The number of anilines is 2. The van der Waals surface area contributed by atoms with Crippen LogP contribution < -0.4 is 15.0 Å². The van der Waals surface area contributed by atoms with Gasteiger partial charge in [-0.25, -0.2) is 8.78 Å². The highest BCUT2D eigenvalue weighted by molar-refractivity contribution is 6.17. The summed E-state index contributed by atoms with van der Waals surface area (Å²) in [7, 11) is 3.33. The average molecular weight is 504 g/mol. The molecule has 10 heteroatoms. The van der Waals surface area contributed by atoms with Crippen LogP contribution in [0.5, 0.6) is 11.5 Å². The lowest BCUT2D eigenvalue weighted by atomic mass is 10.0. The van der Waals surface area contributed by atoms with Crippen LogP contribution >= 0.6 is 0 Å². The van der Waals surface area contributed by atoms with Gasteiger partial charge in [-0.3, -0.25) is 19.3 Å². The van der Waals surface area contributed by atoms with Crippen molar-refractivity contribution in [3.63, 3.8) is 0 Å². The molecule has 188 valence electrons. The average Bonchev–Trinajstić information content (AvgIpc) is 3.59. The number of rotatable bonds is 7. The molecule has 1 saturated carbocycles. The van der Waals surface area contributed by atoms with Gasteiger partial charge in [0, 0.05) is 55.6 Å². The van der Waals surface area contributed by atoms with Gasteiger partial charge in [-0.15, -0.1) is 0 Å². The zero-order valence-electron chi connectivity index (χ0n) is 20.1. The lowest BCUT2D eigenvalue weighted by Crippen LogP contribution is -2.41. The molecule has 8 nitrogen and oxygen atoms in total. The summed E-state index contributed by atoms with van der Waals surface area (Å²) in [6.07, 6.45) is 5.76. The van der Waals surface area contributed by atoms with Gasteiger partial charge in [0.25, 0.3) is 0 Å². The minimum atomic E-state index is -1.24. The Kier molecular flexibility index (Phi) is 6.16. The van der Waals surface area contributed by atoms with Crippen molar-refractivity contribution in [3.8, 4) is 22.8 Å². The number of carbonyl (C=O) groups excluding carboxylic acids is 2. The van der Waals surface area contributed by atoms with Crippen molar-refractivity contribution in [3.05, 3.63) is 84.8 Å². The van der Waals surface area contributed by atoms with Gasteiger partial charge in [-0.1, -0.05) is 0 Å². The first-order valence-electron chi connectivity index (χ1n) is 11.5. The molecule has 1 N–H and O–H groups in total. The summed E-state index contributed by atoms with van der Waals surface area (Å²) in [5.41, 5.74) is 0.846. The van der Waals surface area contributed by atoms with E-state index in [-0.39, 0.29) is 11.4 Å². The molecular weight excluding hydrogens is 480 g/mol. The molecule has 2 heterocycles. The maximum absolute atomic E-state index is 14.9. The fourth-order valence-corrected chi connectivity index (χ4v) is 3.99. The molecule has 0 spiro atoms. The minimum Gasteiger partial charge on any atom is -0.454 e. The predicted octanol–water partition coefficient (Wildman–Crippen LogP) is 4.93. The van der Waals surface area contributed by atoms with Gasteiger partial charge >= 0.3 is 0 Å². The van der Waals surface area contributed by atoms with Crippen LogP contribution in [0.4, 0.5) is 20.2 Å². The van der Waals surface area contributed by atoms with Crippen LogP contribution in [0.3, 0.4) is 0 Å². The van der Waals surface area contributed by atoms with Crippen molar-refractivity contribution in [2.45, 2.75) is 12.8 Å². The normalized spacial score (nSPS) is 13.6. The minimum absolute atomic E-state index is 0.0328. The molecule has 5 rings (SSSR count). The summed E-state index contributed by atoms with van der Waals surface area (Å²) in [5.74, 6) is -1.67. The number of hydrogen-bond donors (Lipinski definition) is 1. The Hall–Kier alpha value is -4.60. The molecule has 2 aromatic carbocycles. The van der Waals surface area contributed by atoms with Gasteiger partial charge in [-0.05, 0) is 55.3 Å². The molecule has 0 atom stereocenters. The van der Waals surface area contributed by atoms with Crippen LogP contribution in [0.2, 0.25) is 0 Å². The Morgan fingerprint density at radius 2 is 1.84 bits per heavy atom. The molecule has 37 heavy (non-hydrogen) atoms. The number of ether oxygens (including phenoxy) is 1. The van der Waals surface area contributed by atoms with Crippen molar-refractivity contribution in [2.24, 2.45) is 12.5 Å². The molecule has 1 aliphatic carbocycles. The van der Waals surface area contributed by atoms with E-state index in [0.717, 1.165) is 11.6 Å². The van der Waals surface area contributed by atoms with Crippen molar-refractivity contribution in [2.75, 3.05) is 17.3 Å². The zero-order chi connectivity index (χ0) is 26.2. The molecule has 4 aromatic rings. The fourth-order valence-electron chi connectivity index (χ4n) is 3.99. The maximum Gasteiger partial charge on any atom is 0.242 e. The number of halogens is 2. The number of aromatic nitrogens is 3. The van der Waals surface area contributed by atoms with Crippen LogP contribution in [0.15, 0.2) is 73.2 Å². The topological polar surface area (TPSA) is 89.3 Å². The third-order valence-electron chi connectivity index (χ3n) is 6.26. The second kappa shape index (κ2) is 9.45. The van der Waals surface area contributed by atoms with Crippen LogP contribution in [-0.2, 0) is 16.6 Å². The molecule has 2 amide bonds. The van der Waals surface area contributed by atoms with E-state index in [0.29, 0.717) is 30.0 Å². The van der Waals surface area contributed by atoms with E-state index < -0.39 is 28.9 Å². The van der Waals surface area contributed by atoms with Crippen molar-refractivity contribution >= 4 is 23.2 Å². The van der Waals surface area contributed by atoms with Crippen molar-refractivity contribution in [1.82, 2.24) is 14.8 Å². The van der Waals surface area contributed by atoms with Crippen LogP contribution in [0.1, 0.15) is 12.8 Å². The molecule has 2 aromatic heterocycles. The number of benzene rings is 2. The molecule has 0 saturated heterocycles. The summed E-state index contributed by atoms with van der Waals surface area (Å²) in [6.45, 7) is 0. The van der Waals surface area contributed by atoms with Gasteiger partial charge in [0.2, 0.25) is 11.8 Å². The van der Waals surface area contributed by atoms with E-state index in [9.17, 15) is 18.4 Å². The van der Waals surface area contributed by atoms with E-state index in [1.165, 1.54) is 48.3 Å². The molecule has 1 aliphatic rings. The molecule has 0 radical (unpaired) electrons. The Labute approximate surface area is 211 Å². The van der Waals surface area contributed by atoms with Gasteiger partial charge < -0.3 is 15.0 Å². The van der Waals surface area contributed by atoms with E-state index in [1.54, 1.807) is 42.5 Å². The molecule has 0 unspecified atom stereocenters. The maximum atomic E-state index is 14.9. The fraction of sp³-hybridized carbons (Fsp3) is 0.185. The standard InChI is InChI=1S/C27H23F2N5O3/c1-33-16-17(15-31-33)23-14-21(9-12-30-23)37-24-8-5-19(13-22(24)29)32-25(35)27(10-11-27)26(36)34(2)20-6-3-18(28)4-7-20/h3-9,12-16H,10-11H2,1-2H3,(H,32,35). The van der Waals surface area contributed by atoms with E-state index >= 15 is 0 Å². The number of nitrogens with one attached hydrogen (secondary N) is 1. The zero-order valence-corrected chi connectivity index (χ0v) is 20.1. The van der Waals surface area contributed by atoms with Gasteiger partial charge in [0.05, 0.1) is 11.9 Å². The van der Waals surface area contributed by atoms with Crippen LogP contribution in [0.25, 0.3) is 11.3 Å². The number of amides is 2. The molecule has 0 aliphatic heterocycles. The highest BCUT2D eigenvalue weighted by Crippen LogP contribution is 2.48. The third kappa shape index (κ3) is 4.90. The third-order valence-corrected chi connectivity index (χ3v) is 6.26. The second-order valence-corrected chi connectivity index (χ2v) is 8.90. The molecule has 0 bridgehead atoms. The monoisotopic (exact) mass is 503 g/mol. The van der Waals surface area contributed by atoms with Gasteiger partial charge in [-0.2, -0.15) is 5.10 Å². The van der Waals surface area contributed by atoms with Crippen molar-refractivity contribution < 1.29 is 23.1 Å². The summed E-state index contributed by atoms with van der Waals surface area (Å²) in [6, 6.07) is 12.8. The molecule has 1 fully saturated rings. The molecular formula is C27H23F2N5O3. The lowest BCUT2D eigenvalue weighted by molar-refractivity contribution is -0.132. The van der Waals surface area contributed by atoms with E-state index in [4.69, 9.17) is 4.74 Å². The first-order chi connectivity index (χ1) is 17.7. The SMILES string of the molecule is CN(C(=O)C1(C(=O)Nc2ccc(Oc3ccnc(-c4cnn(C)c4)c3)c(F)c2)CC1)c1ccc(F)cc1. The van der Waals surface area contributed by atoms with Crippen LogP contribution in [-0.4, -0.2) is 33.6 Å². The number of carbonyl (C=O) groups is 2. The Balaban J connectivity index is 1.27. The Morgan fingerprint density at radius 3 is 2.49 bits per heavy atom. The number of hydrogen-bond acceptors (Lipinski definition) is 5. The van der Waals surface area contributed by atoms with E-state index in [2.05, 4.69) is 15.4 Å². The quantitative estimate of drug-likeness (QED) is 0.361.